The first-order chi connectivity index (χ1) is 12.7. The molecule has 3 rings (SSSR count). The zero-order valence-corrected chi connectivity index (χ0v) is 13.8. The van der Waals surface area contributed by atoms with E-state index in [0.717, 1.165) is 11.6 Å². The smallest absolute Gasteiger partial charge is 0.247 e. The van der Waals surface area contributed by atoms with Crippen LogP contribution < -0.4 is 5.32 Å². The van der Waals surface area contributed by atoms with Crippen LogP contribution in [0.4, 0.5) is 10.1 Å². The van der Waals surface area contributed by atoms with Crippen LogP contribution in [-0.2, 0) is 11.2 Å². The highest BCUT2D eigenvalue weighted by Crippen LogP contribution is 2.18. The Morgan fingerprint density at radius 1 is 1.19 bits per heavy atom. The van der Waals surface area contributed by atoms with Gasteiger partial charge in [0.05, 0.1) is 5.56 Å². The summed E-state index contributed by atoms with van der Waals surface area (Å²) in [5.41, 5.74) is 1.12. The van der Waals surface area contributed by atoms with Gasteiger partial charge in [-0.1, -0.05) is 18.2 Å². The molecule has 0 spiro atoms. The molecule has 26 heavy (non-hydrogen) atoms. The van der Waals surface area contributed by atoms with E-state index in [1.807, 2.05) is 30.3 Å². The number of carbonyl (C=O) groups excluding carboxylic acids is 1. The highest BCUT2D eigenvalue weighted by molar-refractivity contribution is 5.90. The normalized spacial score (nSPS) is 10.3. The zero-order chi connectivity index (χ0) is 18.4. The maximum absolute atomic E-state index is 13.3. The maximum atomic E-state index is 13.3. The summed E-state index contributed by atoms with van der Waals surface area (Å²) in [7, 11) is 0. The molecular formula is C19H15FN4O2. The quantitative estimate of drug-likeness (QED) is 0.732. The highest BCUT2D eigenvalue weighted by Gasteiger charge is 2.10. The highest BCUT2D eigenvalue weighted by atomic mass is 19.1. The first kappa shape index (κ1) is 17.3. The molecule has 1 N–H and O–H groups in total. The fourth-order valence-electron chi connectivity index (χ4n) is 2.36. The van der Waals surface area contributed by atoms with E-state index in [2.05, 4.69) is 15.5 Å². The minimum atomic E-state index is -0.615. The molecule has 0 saturated carbocycles. The van der Waals surface area contributed by atoms with Gasteiger partial charge in [0.25, 0.3) is 0 Å². The number of amides is 1. The summed E-state index contributed by atoms with van der Waals surface area (Å²) in [5, 5.41) is 19.4. The molecule has 0 aliphatic carbocycles. The van der Waals surface area contributed by atoms with E-state index in [9.17, 15) is 9.18 Å². The molecule has 0 saturated heterocycles. The Hall–Kier alpha value is -3.53. The first-order valence-electron chi connectivity index (χ1n) is 8.03. The average Bonchev–Trinajstić information content (AvgIpc) is 3.13. The molecule has 1 heterocycles. The zero-order valence-electron chi connectivity index (χ0n) is 13.8. The maximum Gasteiger partial charge on any atom is 0.247 e. The van der Waals surface area contributed by atoms with E-state index < -0.39 is 5.82 Å². The lowest BCUT2D eigenvalue weighted by atomic mass is 10.2. The van der Waals surface area contributed by atoms with Crippen LogP contribution in [0.25, 0.3) is 11.5 Å². The van der Waals surface area contributed by atoms with Crippen LogP contribution in [0.1, 0.15) is 24.3 Å². The van der Waals surface area contributed by atoms with Crippen molar-refractivity contribution in [2.45, 2.75) is 19.3 Å². The van der Waals surface area contributed by atoms with Crippen molar-refractivity contribution in [2.75, 3.05) is 5.32 Å². The molecule has 0 unspecified atom stereocenters. The number of nitrogens with one attached hydrogen (secondary N) is 1. The molecule has 6 nitrogen and oxygen atoms in total. The first-order valence-corrected chi connectivity index (χ1v) is 8.03. The Morgan fingerprint density at radius 2 is 2.00 bits per heavy atom. The Morgan fingerprint density at radius 3 is 2.77 bits per heavy atom. The Balaban J connectivity index is 1.50. The number of aromatic nitrogens is 2. The van der Waals surface area contributed by atoms with Gasteiger partial charge in [0, 0.05) is 24.1 Å². The summed E-state index contributed by atoms with van der Waals surface area (Å²) < 4.78 is 18.8. The molecule has 0 radical (unpaired) electrons. The van der Waals surface area contributed by atoms with Crippen LogP contribution in [0.15, 0.2) is 52.9 Å². The van der Waals surface area contributed by atoms with Crippen molar-refractivity contribution in [2.24, 2.45) is 0 Å². The minimum absolute atomic E-state index is 0.109. The average molecular weight is 350 g/mol. The van der Waals surface area contributed by atoms with Gasteiger partial charge in [-0.15, -0.1) is 10.2 Å². The topological polar surface area (TPSA) is 91.8 Å². The number of rotatable bonds is 6. The molecule has 0 fully saturated rings. The van der Waals surface area contributed by atoms with Gasteiger partial charge in [-0.2, -0.15) is 5.26 Å². The van der Waals surface area contributed by atoms with Crippen LogP contribution in [0, 0.1) is 17.1 Å². The molecule has 1 amide bonds. The fourth-order valence-corrected chi connectivity index (χ4v) is 2.36. The lowest BCUT2D eigenvalue weighted by molar-refractivity contribution is -0.116. The summed E-state index contributed by atoms with van der Waals surface area (Å²) in [6.07, 6.45) is 1.23. The van der Waals surface area contributed by atoms with E-state index in [1.165, 1.54) is 12.1 Å². The lowest BCUT2D eigenvalue weighted by Crippen LogP contribution is -2.11. The molecule has 3 aromatic rings. The third kappa shape index (κ3) is 4.30. The second-order valence-electron chi connectivity index (χ2n) is 5.58. The fraction of sp³-hybridized carbons (Fsp3) is 0.158. The summed E-state index contributed by atoms with van der Waals surface area (Å²) >= 11 is 0. The lowest BCUT2D eigenvalue weighted by Gasteiger charge is -2.05. The van der Waals surface area contributed by atoms with Gasteiger partial charge in [0.1, 0.15) is 11.9 Å². The number of carbonyl (C=O) groups is 1. The van der Waals surface area contributed by atoms with E-state index >= 15 is 0 Å². The van der Waals surface area contributed by atoms with Crippen LogP contribution in [0.5, 0.6) is 0 Å². The number of halogens is 1. The van der Waals surface area contributed by atoms with Crippen molar-refractivity contribution in [1.82, 2.24) is 10.2 Å². The van der Waals surface area contributed by atoms with Gasteiger partial charge < -0.3 is 9.73 Å². The molecule has 1 aromatic heterocycles. The second-order valence-corrected chi connectivity index (χ2v) is 5.58. The van der Waals surface area contributed by atoms with Crippen LogP contribution in [-0.4, -0.2) is 16.1 Å². The van der Waals surface area contributed by atoms with Crippen molar-refractivity contribution in [3.05, 3.63) is 65.8 Å². The predicted molar refractivity (Wildman–Crippen MR) is 92.4 cm³/mol. The Bertz CT molecular complexity index is 948. The van der Waals surface area contributed by atoms with Gasteiger partial charge in [-0.3, -0.25) is 4.79 Å². The van der Waals surface area contributed by atoms with Crippen molar-refractivity contribution in [1.29, 1.82) is 5.26 Å². The molecule has 0 aliphatic heterocycles. The van der Waals surface area contributed by atoms with Gasteiger partial charge in [0.2, 0.25) is 17.7 Å². The van der Waals surface area contributed by atoms with E-state index in [1.54, 1.807) is 6.07 Å². The summed E-state index contributed by atoms with van der Waals surface area (Å²) in [4.78, 5) is 12.0. The summed E-state index contributed by atoms with van der Waals surface area (Å²) in [6, 6.07) is 15.0. The van der Waals surface area contributed by atoms with Crippen molar-refractivity contribution < 1.29 is 13.6 Å². The van der Waals surface area contributed by atoms with Crippen LogP contribution in [0.3, 0.4) is 0 Å². The van der Waals surface area contributed by atoms with Crippen LogP contribution >= 0.6 is 0 Å². The minimum Gasteiger partial charge on any atom is -0.421 e. The van der Waals surface area contributed by atoms with Gasteiger partial charge in [-0.25, -0.2) is 4.39 Å². The van der Waals surface area contributed by atoms with E-state index in [-0.39, 0.29) is 17.9 Å². The number of hydrogen-bond acceptors (Lipinski definition) is 5. The van der Waals surface area contributed by atoms with Crippen molar-refractivity contribution in [3.8, 4) is 17.5 Å². The number of nitriles is 1. The van der Waals surface area contributed by atoms with Crippen molar-refractivity contribution >= 4 is 11.6 Å². The van der Waals surface area contributed by atoms with Gasteiger partial charge in [-0.05, 0) is 36.8 Å². The van der Waals surface area contributed by atoms with E-state index in [4.69, 9.17) is 9.68 Å². The molecule has 0 aliphatic rings. The van der Waals surface area contributed by atoms with Crippen LogP contribution in [0.2, 0.25) is 0 Å². The third-order valence-electron chi connectivity index (χ3n) is 3.65. The number of aryl methyl sites for hydroxylation is 1. The second kappa shape index (κ2) is 8.03. The van der Waals surface area contributed by atoms with Crippen molar-refractivity contribution in [3.63, 3.8) is 0 Å². The summed E-state index contributed by atoms with van der Waals surface area (Å²) in [6.45, 7) is 0. The Labute approximate surface area is 149 Å². The number of hydrogen-bond donors (Lipinski definition) is 1. The summed E-state index contributed by atoms with van der Waals surface area (Å²) in [5.74, 6) is 0.0602. The SMILES string of the molecule is N#Cc1cc(NC(=O)CCCc2nnc(-c3ccccc3)o2)ccc1F. The van der Waals surface area contributed by atoms with E-state index in [0.29, 0.717) is 30.3 Å². The molecule has 7 heteroatoms. The molecular weight excluding hydrogens is 335 g/mol. The monoisotopic (exact) mass is 350 g/mol. The number of benzene rings is 2. The Kier molecular flexibility index (Phi) is 5.34. The van der Waals surface area contributed by atoms with Gasteiger partial charge >= 0.3 is 0 Å². The standard InChI is InChI=1S/C19H15FN4O2/c20-16-10-9-15(11-14(16)12-21)22-17(25)7-4-8-18-23-24-19(26-18)13-5-2-1-3-6-13/h1-3,5-6,9-11H,4,7-8H2,(H,22,25). The number of nitrogens with zero attached hydrogens (tertiary/aromatic N) is 3. The largest absolute Gasteiger partial charge is 0.421 e. The predicted octanol–water partition coefficient (Wildman–Crippen LogP) is 3.71. The molecule has 130 valence electrons. The molecule has 0 bridgehead atoms. The molecule has 0 atom stereocenters. The number of anilines is 1. The molecule has 2 aromatic carbocycles. The third-order valence-corrected chi connectivity index (χ3v) is 3.65. The van der Waals surface area contributed by atoms with Gasteiger partial charge in [0.15, 0.2) is 0 Å².